The number of hydrogen-bond donors (Lipinski definition) is 1. The van der Waals surface area contributed by atoms with E-state index in [1.54, 1.807) is 24.3 Å². The first-order valence-corrected chi connectivity index (χ1v) is 6.57. The first-order chi connectivity index (χ1) is 11.1. The lowest BCUT2D eigenvalue weighted by Crippen LogP contribution is -2.29. The molecule has 6 nitrogen and oxygen atoms in total. The van der Waals surface area contributed by atoms with Gasteiger partial charge in [-0.1, -0.05) is 24.3 Å². The number of amides is 1. The number of hydrazone groups is 1. The fourth-order valence-electron chi connectivity index (χ4n) is 1.72. The number of benzene rings is 2. The normalized spacial score (nSPS) is 10.5. The van der Waals surface area contributed by atoms with Crippen LogP contribution in [0, 0.1) is 5.82 Å². The van der Waals surface area contributed by atoms with Crippen molar-refractivity contribution in [3.8, 4) is 5.75 Å². The van der Waals surface area contributed by atoms with Crippen molar-refractivity contribution in [1.82, 2.24) is 5.43 Å². The quantitative estimate of drug-likeness (QED) is 0.628. The number of carbonyl (C=O) groups excluding carboxylic acids is 2. The van der Waals surface area contributed by atoms with Gasteiger partial charge in [0.05, 0.1) is 17.7 Å². The smallest absolute Gasteiger partial charge is 0.274 e. The van der Waals surface area contributed by atoms with E-state index in [4.69, 9.17) is 4.74 Å². The van der Waals surface area contributed by atoms with E-state index in [9.17, 15) is 19.1 Å². The Hall–Kier alpha value is -3.22. The maximum Gasteiger partial charge on any atom is 0.274 e. The SMILES string of the molecule is O=C([O-])COc1ccccc1/C=N\NC(=O)c1ccccc1F. The second kappa shape index (κ2) is 7.69. The van der Waals surface area contributed by atoms with Gasteiger partial charge in [0.25, 0.3) is 5.91 Å². The number of ether oxygens (including phenoxy) is 1. The van der Waals surface area contributed by atoms with Crippen molar-refractivity contribution in [3.05, 3.63) is 65.5 Å². The average molecular weight is 315 g/mol. The summed E-state index contributed by atoms with van der Waals surface area (Å²) in [7, 11) is 0. The molecule has 1 amide bonds. The standard InChI is InChI=1S/C16H13FN2O4/c17-13-7-3-2-6-12(13)16(22)19-18-9-11-5-1-4-8-14(11)23-10-15(20)21/h1-9H,10H2,(H,19,22)(H,20,21)/p-1/b18-9-. The number of nitrogens with zero attached hydrogens (tertiary/aromatic N) is 1. The van der Waals surface area contributed by atoms with Gasteiger partial charge < -0.3 is 14.6 Å². The summed E-state index contributed by atoms with van der Waals surface area (Å²) >= 11 is 0. The minimum Gasteiger partial charge on any atom is -0.546 e. The lowest BCUT2D eigenvalue weighted by atomic mass is 10.2. The molecule has 23 heavy (non-hydrogen) atoms. The fraction of sp³-hybridized carbons (Fsp3) is 0.0625. The topological polar surface area (TPSA) is 90.8 Å². The van der Waals surface area contributed by atoms with Gasteiger partial charge in [-0.15, -0.1) is 0 Å². The number of para-hydroxylation sites is 1. The highest BCUT2D eigenvalue weighted by atomic mass is 19.1. The fourth-order valence-corrected chi connectivity index (χ4v) is 1.72. The second-order valence-electron chi connectivity index (χ2n) is 4.38. The first-order valence-electron chi connectivity index (χ1n) is 6.57. The van der Waals surface area contributed by atoms with Gasteiger partial charge in [0.2, 0.25) is 0 Å². The highest BCUT2D eigenvalue weighted by Gasteiger charge is 2.09. The van der Waals surface area contributed by atoms with Gasteiger partial charge in [-0.2, -0.15) is 5.10 Å². The number of hydrogen-bond acceptors (Lipinski definition) is 5. The van der Waals surface area contributed by atoms with E-state index in [0.717, 1.165) is 0 Å². The molecule has 2 aromatic rings. The monoisotopic (exact) mass is 315 g/mol. The first kappa shape index (κ1) is 16.2. The number of carboxylic acids is 1. The van der Waals surface area contributed by atoms with Gasteiger partial charge in [0, 0.05) is 5.56 Å². The minimum atomic E-state index is -1.36. The Labute approximate surface area is 131 Å². The minimum absolute atomic E-state index is 0.133. The molecule has 118 valence electrons. The summed E-state index contributed by atoms with van der Waals surface area (Å²) in [6.45, 7) is -0.605. The molecule has 0 aliphatic heterocycles. The van der Waals surface area contributed by atoms with Crippen LogP contribution >= 0.6 is 0 Å². The van der Waals surface area contributed by atoms with Crippen LogP contribution in [-0.4, -0.2) is 24.7 Å². The van der Waals surface area contributed by atoms with E-state index in [-0.39, 0.29) is 11.3 Å². The van der Waals surface area contributed by atoms with Crippen molar-refractivity contribution in [2.75, 3.05) is 6.61 Å². The summed E-state index contributed by atoms with van der Waals surface area (Å²) in [5, 5.41) is 14.1. The molecule has 0 aliphatic carbocycles. The van der Waals surface area contributed by atoms with Gasteiger partial charge in [0.15, 0.2) is 0 Å². The number of carbonyl (C=O) groups is 2. The zero-order chi connectivity index (χ0) is 16.7. The molecular weight excluding hydrogens is 303 g/mol. The maximum absolute atomic E-state index is 13.4. The summed E-state index contributed by atoms with van der Waals surface area (Å²) in [5.74, 6) is -2.45. The van der Waals surface area contributed by atoms with Crippen molar-refractivity contribution in [2.24, 2.45) is 5.10 Å². The number of nitrogens with one attached hydrogen (secondary N) is 1. The van der Waals surface area contributed by atoms with Gasteiger partial charge in [-0.3, -0.25) is 4.79 Å². The molecule has 0 saturated carbocycles. The van der Waals surface area contributed by atoms with E-state index in [1.165, 1.54) is 30.5 Å². The molecule has 0 bridgehead atoms. The van der Waals surface area contributed by atoms with Crippen LogP contribution in [0.25, 0.3) is 0 Å². The van der Waals surface area contributed by atoms with Crippen molar-refractivity contribution in [1.29, 1.82) is 0 Å². The van der Waals surface area contributed by atoms with Crippen LogP contribution in [0.15, 0.2) is 53.6 Å². The van der Waals surface area contributed by atoms with Crippen LogP contribution in [0.4, 0.5) is 4.39 Å². The van der Waals surface area contributed by atoms with Crippen LogP contribution in [0.5, 0.6) is 5.75 Å². The van der Waals surface area contributed by atoms with Gasteiger partial charge >= 0.3 is 0 Å². The van der Waals surface area contributed by atoms with Crippen LogP contribution in [-0.2, 0) is 4.79 Å². The van der Waals surface area contributed by atoms with Crippen molar-refractivity contribution >= 4 is 18.1 Å². The predicted molar refractivity (Wildman–Crippen MR) is 78.4 cm³/mol. The summed E-state index contributed by atoms with van der Waals surface area (Å²) in [6.07, 6.45) is 1.27. The van der Waals surface area contributed by atoms with Crippen molar-refractivity contribution in [3.63, 3.8) is 0 Å². The average Bonchev–Trinajstić information content (AvgIpc) is 2.54. The molecule has 0 spiro atoms. The summed E-state index contributed by atoms with van der Waals surface area (Å²) in [4.78, 5) is 22.2. The summed E-state index contributed by atoms with van der Waals surface area (Å²) < 4.78 is 18.5. The summed E-state index contributed by atoms with van der Waals surface area (Å²) in [6, 6.07) is 12.0. The molecule has 0 atom stereocenters. The third-order valence-electron chi connectivity index (χ3n) is 2.75. The largest absolute Gasteiger partial charge is 0.546 e. The second-order valence-corrected chi connectivity index (χ2v) is 4.38. The lowest BCUT2D eigenvalue weighted by Gasteiger charge is -2.09. The lowest BCUT2D eigenvalue weighted by molar-refractivity contribution is -0.307. The van der Waals surface area contributed by atoms with E-state index in [0.29, 0.717) is 5.56 Å². The highest BCUT2D eigenvalue weighted by Crippen LogP contribution is 2.15. The molecule has 7 heteroatoms. The molecule has 2 rings (SSSR count). The Morgan fingerprint density at radius 2 is 1.87 bits per heavy atom. The number of aliphatic carboxylic acids is 1. The molecule has 0 heterocycles. The van der Waals surface area contributed by atoms with Crippen LogP contribution < -0.4 is 15.3 Å². The van der Waals surface area contributed by atoms with Gasteiger partial charge in [-0.25, -0.2) is 9.82 Å². The Morgan fingerprint density at radius 3 is 2.61 bits per heavy atom. The van der Waals surface area contributed by atoms with E-state index in [2.05, 4.69) is 10.5 Å². The Kier molecular flexibility index (Phi) is 5.40. The molecular formula is C16H12FN2O4-. The zero-order valence-electron chi connectivity index (χ0n) is 11.9. The van der Waals surface area contributed by atoms with Gasteiger partial charge in [-0.05, 0) is 24.3 Å². The predicted octanol–water partition coefficient (Wildman–Crippen LogP) is 0.718. The molecule has 2 aromatic carbocycles. The Morgan fingerprint density at radius 1 is 1.17 bits per heavy atom. The maximum atomic E-state index is 13.4. The van der Waals surface area contributed by atoms with Gasteiger partial charge in [0.1, 0.15) is 18.2 Å². The van der Waals surface area contributed by atoms with Crippen LogP contribution in [0.1, 0.15) is 15.9 Å². The van der Waals surface area contributed by atoms with Crippen LogP contribution in [0.2, 0.25) is 0 Å². The molecule has 0 aromatic heterocycles. The highest BCUT2D eigenvalue weighted by molar-refractivity contribution is 5.95. The van der Waals surface area contributed by atoms with Crippen molar-refractivity contribution in [2.45, 2.75) is 0 Å². The number of halogens is 1. The molecule has 0 aliphatic rings. The molecule has 0 fully saturated rings. The Balaban J connectivity index is 2.05. The molecule has 1 N–H and O–H groups in total. The zero-order valence-corrected chi connectivity index (χ0v) is 11.9. The molecule has 0 saturated heterocycles. The van der Waals surface area contributed by atoms with E-state index in [1.807, 2.05) is 0 Å². The van der Waals surface area contributed by atoms with E-state index < -0.39 is 24.3 Å². The number of carboxylic acid groups (broad SMARTS) is 1. The Bertz CT molecular complexity index is 746. The third kappa shape index (κ3) is 4.63. The number of rotatable bonds is 6. The van der Waals surface area contributed by atoms with E-state index >= 15 is 0 Å². The summed E-state index contributed by atoms with van der Waals surface area (Å²) in [5.41, 5.74) is 2.50. The van der Waals surface area contributed by atoms with Crippen molar-refractivity contribution < 1.29 is 23.8 Å². The molecule has 0 radical (unpaired) electrons. The molecule has 0 unspecified atom stereocenters. The third-order valence-corrected chi connectivity index (χ3v) is 2.75. The van der Waals surface area contributed by atoms with Crippen LogP contribution in [0.3, 0.4) is 0 Å².